The summed E-state index contributed by atoms with van der Waals surface area (Å²) in [5.41, 5.74) is 2.55. The number of aromatic nitrogens is 3. The molecule has 0 amide bonds. The Kier molecular flexibility index (Phi) is 3.16. The fourth-order valence-corrected chi connectivity index (χ4v) is 3.33. The Morgan fingerprint density at radius 1 is 1.14 bits per heavy atom. The molecule has 4 nitrogen and oxygen atoms in total. The smallest absolute Gasteiger partial charge is 0.180 e. The maximum absolute atomic E-state index is 6.12. The van der Waals surface area contributed by atoms with Gasteiger partial charge in [-0.05, 0) is 25.0 Å². The van der Waals surface area contributed by atoms with Crippen LogP contribution in [0.1, 0.15) is 25.7 Å². The van der Waals surface area contributed by atoms with E-state index < -0.39 is 0 Å². The maximum Gasteiger partial charge on any atom is 0.180 e. The number of halogens is 2. The Morgan fingerprint density at radius 2 is 1.90 bits per heavy atom. The van der Waals surface area contributed by atoms with Crippen molar-refractivity contribution in [2.24, 2.45) is 0 Å². The van der Waals surface area contributed by atoms with Gasteiger partial charge in [-0.15, -0.1) is 0 Å². The molecule has 1 saturated carbocycles. The molecule has 0 spiro atoms. The van der Waals surface area contributed by atoms with Crippen LogP contribution >= 0.6 is 23.2 Å². The van der Waals surface area contributed by atoms with E-state index in [1.807, 2.05) is 16.7 Å². The van der Waals surface area contributed by atoms with Crippen LogP contribution in [0.5, 0.6) is 0 Å². The first kappa shape index (κ1) is 13.2. The Morgan fingerprint density at radius 3 is 2.71 bits per heavy atom. The summed E-state index contributed by atoms with van der Waals surface area (Å²) in [7, 11) is 0. The second-order valence-electron chi connectivity index (χ2n) is 5.46. The molecule has 21 heavy (non-hydrogen) atoms. The molecule has 0 aliphatic heterocycles. The first-order chi connectivity index (χ1) is 10.2. The number of rotatable bonds is 2. The Labute approximate surface area is 132 Å². The molecule has 1 fully saturated rings. The van der Waals surface area contributed by atoms with Crippen LogP contribution in [0.3, 0.4) is 0 Å². The number of benzene rings is 1. The monoisotopic (exact) mass is 320 g/mol. The zero-order chi connectivity index (χ0) is 14.4. The minimum absolute atomic E-state index is 0.484. The number of anilines is 1. The minimum atomic E-state index is 0.484. The lowest BCUT2D eigenvalue weighted by molar-refractivity contribution is 0.751. The van der Waals surface area contributed by atoms with Crippen LogP contribution in [0.2, 0.25) is 10.0 Å². The quantitative estimate of drug-likeness (QED) is 0.753. The van der Waals surface area contributed by atoms with Gasteiger partial charge in [-0.1, -0.05) is 36.0 Å². The highest BCUT2D eigenvalue weighted by Crippen LogP contribution is 2.30. The van der Waals surface area contributed by atoms with Crippen molar-refractivity contribution in [1.29, 1.82) is 0 Å². The van der Waals surface area contributed by atoms with Gasteiger partial charge in [-0.2, -0.15) is 0 Å². The van der Waals surface area contributed by atoms with Gasteiger partial charge >= 0.3 is 0 Å². The van der Waals surface area contributed by atoms with E-state index in [2.05, 4.69) is 10.3 Å². The SMILES string of the molecule is Clc1cc2nc(NC3CCCC3)c3nccn3c2cc1Cl. The van der Waals surface area contributed by atoms with Crippen molar-refractivity contribution in [3.8, 4) is 0 Å². The topological polar surface area (TPSA) is 42.2 Å². The predicted molar refractivity (Wildman–Crippen MR) is 86.4 cm³/mol. The molecule has 108 valence electrons. The Balaban J connectivity index is 1.92. The lowest BCUT2D eigenvalue weighted by atomic mass is 10.2. The average Bonchev–Trinajstić information content (AvgIpc) is 3.12. The predicted octanol–water partition coefficient (Wildman–Crippen LogP) is 4.54. The van der Waals surface area contributed by atoms with E-state index in [-0.39, 0.29) is 0 Å². The summed E-state index contributed by atoms with van der Waals surface area (Å²) in [5.74, 6) is 0.817. The van der Waals surface area contributed by atoms with Crippen molar-refractivity contribution in [2.45, 2.75) is 31.7 Å². The largest absolute Gasteiger partial charge is 0.364 e. The summed E-state index contributed by atoms with van der Waals surface area (Å²) >= 11 is 12.2. The fraction of sp³-hybridized carbons (Fsp3) is 0.333. The maximum atomic E-state index is 6.12. The van der Waals surface area contributed by atoms with Gasteiger partial charge in [0.25, 0.3) is 0 Å². The van der Waals surface area contributed by atoms with Crippen molar-refractivity contribution in [3.05, 3.63) is 34.6 Å². The van der Waals surface area contributed by atoms with E-state index in [0.717, 1.165) is 22.5 Å². The number of fused-ring (bicyclic) bond motifs is 3. The summed E-state index contributed by atoms with van der Waals surface area (Å²) in [6, 6.07) is 4.12. The normalized spacial score (nSPS) is 16.1. The average molecular weight is 321 g/mol. The zero-order valence-corrected chi connectivity index (χ0v) is 12.8. The highest BCUT2D eigenvalue weighted by molar-refractivity contribution is 6.42. The third-order valence-corrected chi connectivity index (χ3v) is 4.78. The second-order valence-corrected chi connectivity index (χ2v) is 6.28. The van der Waals surface area contributed by atoms with Crippen LogP contribution in [0.15, 0.2) is 24.5 Å². The number of hydrogen-bond donors (Lipinski definition) is 1. The van der Waals surface area contributed by atoms with Crippen molar-refractivity contribution < 1.29 is 0 Å². The summed E-state index contributed by atoms with van der Waals surface area (Å²) in [6.07, 6.45) is 8.62. The van der Waals surface area contributed by atoms with Gasteiger partial charge in [0.2, 0.25) is 0 Å². The molecule has 3 aromatic rings. The van der Waals surface area contributed by atoms with Crippen LogP contribution in [0.25, 0.3) is 16.7 Å². The number of nitrogens with zero attached hydrogens (tertiary/aromatic N) is 3. The standard InChI is InChI=1S/C15H14Cl2N4/c16-10-7-12-13(8-11(10)17)21-6-5-18-15(21)14(20-12)19-9-3-1-2-4-9/h5-9H,1-4H2,(H,19,20). The molecular formula is C15H14Cl2N4. The molecule has 1 aliphatic carbocycles. The van der Waals surface area contributed by atoms with Gasteiger partial charge in [0.05, 0.1) is 21.1 Å². The first-order valence-corrected chi connectivity index (χ1v) is 7.86. The molecular weight excluding hydrogens is 307 g/mol. The van der Waals surface area contributed by atoms with Crippen molar-refractivity contribution in [3.63, 3.8) is 0 Å². The molecule has 1 N–H and O–H groups in total. The van der Waals surface area contributed by atoms with Crippen molar-refractivity contribution >= 4 is 45.7 Å². The van der Waals surface area contributed by atoms with Gasteiger partial charge in [-0.3, -0.25) is 4.40 Å². The van der Waals surface area contributed by atoms with Crippen LogP contribution in [0.4, 0.5) is 5.82 Å². The van der Waals surface area contributed by atoms with Gasteiger partial charge in [-0.25, -0.2) is 9.97 Å². The lowest BCUT2D eigenvalue weighted by Gasteiger charge is -2.14. The van der Waals surface area contributed by atoms with Crippen LogP contribution in [0, 0.1) is 0 Å². The summed E-state index contributed by atoms with van der Waals surface area (Å²) < 4.78 is 2.00. The van der Waals surface area contributed by atoms with E-state index in [1.165, 1.54) is 25.7 Å². The third kappa shape index (κ3) is 2.23. The van der Waals surface area contributed by atoms with Gasteiger partial charge in [0.15, 0.2) is 11.5 Å². The molecule has 0 saturated heterocycles. The van der Waals surface area contributed by atoms with E-state index in [4.69, 9.17) is 28.2 Å². The zero-order valence-electron chi connectivity index (χ0n) is 11.3. The Hall–Kier alpha value is -1.52. The number of nitrogens with one attached hydrogen (secondary N) is 1. The highest BCUT2D eigenvalue weighted by atomic mass is 35.5. The van der Waals surface area contributed by atoms with Gasteiger partial charge in [0, 0.05) is 18.4 Å². The second kappa shape index (κ2) is 5.04. The minimum Gasteiger partial charge on any atom is -0.364 e. The van der Waals surface area contributed by atoms with Crippen LogP contribution in [-0.2, 0) is 0 Å². The summed E-state index contributed by atoms with van der Waals surface area (Å²) in [4.78, 5) is 9.13. The molecule has 0 bridgehead atoms. The first-order valence-electron chi connectivity index (χ1n) is 7.11. The van der Waals surface area contributed by atoms with E-state index in [9.17, 15) is 0 Å². The molecule has 1 aromatic carbocycles. The van der Waals surface area contributed by atoms with E-state index >= 15 is 0 Å². The number of imidazole rings is 1. The van der Waals surface area contributed by atoms with E-state index in [1.54, 1.807) is 12.3 Å². The molecule has 0 unspecified atom stereocenters. The van der Waals surface area contributed by atoms with Gasteiger partial charge < -0.3 is 5.32 Å². The van der Waals surface area contributed by atoms with Gasteiger partial charge in [0.1, 0.15) is 0 Å². The molecule has 0 radical (unpaired) electrons. The van der Waals surface area contributed by atoms with Crippen LogP contribution in [-0.4, -0.2) is 20.4 Å². The summed E-state index contributed by atoms with van der Waals surface area (Å²) in [5, 5.41) is 4.57. The summed E-state index contributed by atoms with van der Waals surface area (Å²) in [6.45, 7) is 0. The Bertz CT molecular complexity index is 821. The number of hydrogen-bond acceptors (Lipinski definition) is 3. The van der Waals surface area contributed by atoms with Crippen LogP contribution < -0.4 is 5.32 Å². The fourth-order valence-electron chi connectivity index (χ4n) is 3.01. The molecule has 2 heterocycles. The third-order valence-electron chi connectivity index (χ3n) is 4.06. The highest BCUT2D eigenvalue weighted by Gasteiger charge is 2.18. The molecule has 4 rings (SSSR count). The van der Waals surface area contributed by atoms with Crippen molar-refractivity contribution in [1.82, 2.24) is 14.4 Å². The van der Waals surface area contributed by atoms with Crippen molar-refractivity contribution in [2.75, 3.05) is 5.32 Å². The van der Waals surface area contributed by atoms with E-state index in [0.29, 0.717) is 16.1 Å². The molecule has 2 aromatic heterocycles. The molecule has 0 atom stereocenters. The molecule has 6 heteroatoms. The molecule has 1 aliphatic rings. The lowest BCUT2D eigenvalue weighted by Crippen LogP contribution is -2.16.